The van der Waals surface area contributed by atoms with Crippen molar-refractivity contribution in [2.75, 3.05) is 44.6 Å². The Kier molecular flexibility index (Phi) is 8.34. The van der Waals surface area contributed by atoms with Crippen molar-refractivity contribution in [3.05, 3.63) is 87.7 Å². The number of ether oxygens (including phenoxy) is 1. The highest BCUT2D eigenvalue weighted by molar-refractivity contribution is 9.10. The number of urea groups is 1. The first kappa shape index (κ1) is 29.5. The number of likely N-dealkylation sites (N-methyl/N-ethyl adjacent to an activating group) is 1. The lowest BCUT2D eigenvalue weighted by Gasteiger charge is -2.34. The summed E-state index contributed by atoms with van der Waals surface area (Å²) in [6.45, 7) is 7.16. The van der Waals surface area contributed by atoms with E-state index in [1.165, 1.54) is 6.07 Å². The molecule has 2 aliphatic heterocycles. The van der Waals surface area contributed by atoms with Crippen LogP contribution in [0.5, 0.6) is 11.5 Å². The molecule has 6 rings (SSSR count). The van der Waals surface area contributed by atoms with Crippen molar-refractivity contribution in [1.29, 1.82) is 0 Å². The summed E-state index contributed by atoms with van der Waals surface area (Å²) in [7, 11) is 0. The van der Waals surface area contributed by atoms with Gasteiger partial charge in [0.2, 0.25) is 0 Å². The summed E-state index contributed by atoms with van der Waals surface area (Å²) in [5.41, 5.74) is 2.46. The Labute approximate surface area is 256 Å². The minimum absolute atomic E-state index is 0.125. The minimum Gasteiger partial charge on any atom is -0.455 e. The van der Waals surface area contributed by atoms with Crippen LogP contribution < -0.4 is 10.1 Å². The number of hydrogen-bond donors (Lipinski definition) is 1. The zero-order valence-corrected chi connectivity index (χ0v) is 25.3. The lowest BCUT2D eigenvalue weighted by Crippen LogP contribution is -2.45. The molecule has 0 radical (unpaired) electrons. The molecular formula is C31H32BrF3N6O2. The number of piperazine rings is 1. The zero-order valence-electron chi connectivity index (χ0n) is 23.7. The maximum Gasteiger partial charge on any atom is 0.416 e. The summed E-state index contributed by atoms with van der Waals surface area (Å²) in [4.78, 5) is 19.1. The van der Waals surface area contributed by atoms with Crippen LogP contribution in [-0.2, 0) is 25.7 Å². The molecule has 0 bridgehead atoms. The molecule has 226 valence electrons. The summed E-state index contributed by atoms with van der Waals surface area (Å²) in [5, 5.41) is 6.98. The van der Waals surface area contributed by atoms with Crippen LogP contribution >= 0.6 is 15.9 Å². The Morgan fingerprint density at radius 3 is 2.56 bits per heavy atom. The Hall–Kier alpha value is -3.61. The van der Waals surface area contributed by atoms with E-state index in [1.807, 2.05) is 35.4 Å². The second-order valence-electron chi connectivity index (χ2n) is 10.9. The fraction of sp³-hybridized carbons (Fsp3) is 0.355. The SMILES string of the molecule is CCN1CCN(Cc2ccc(NC(=O)N3CCc4ccc(Oc5ccnn6cc(Br)cc56)cc4C3)cc2C(F)(F)F)CC1. The molecule has 43 heavy (non-hydrogen) atoms. The number of aromatic nitrogens is 2. The summed E-state index contributed by atoms with van der Waals surface area (Å²) in [6, 6.07) is 13.1. The third kappa shape index (κ3) is 6.66. The number of halogens is 4. The van der Waals surface area contributed by atoms with Crippen molar-refractivity contribution in [1.82, 2.24) is 24.3 Å². The standard InChI is InChI=1S/C31H32BrF3N6O2/c1-2-38-11-13-39(14-12-38)18-22-3-5-25(17-27(22)31(33,34)35)37-30(42)40-10-8-21-4-6-26(15-23(21)19-40)43-29-7-9-36-41-20-24(32)16-28(29)41/h3-7,9,15-17,20H,2,8,10-14,18-19H2,1H3,(H,37,42). The van der Waals surface area contributed by atoms with Crippen LogP contribution in [0.25, 0.3) is 5.52 Å². The quantitative estimate of drug-likeness (QED) is 0.252. The topological polar surface area (TPSA) is 65.3 Å². The highest BCUT2D eigenvalue weighted by Gasteiger charge is 2.34. The second-order valence-corrected chi connectivity index (χ2v) is 11.8. The van der Waals surface area contributed by atoms with Crippen molar-refractivity contribution in [2.45, 2.75) is 32.6 Å². The number of fused-ring (bicyclic) bond motifs is 2. The van der Waals surface area contributed by atoms with Crippen molar-refractivity contribution in [3.63, 3.8) is 0 Å². The molecule has 0 atom stereocenters. The number of amides is 2. The van der Waals surface area contributed by atoms with Gasteiger partial charge in [0.15, 0.2) is 5.75 Å². The monoisotopic (exact) mass is 656 g/mol. The summed E-state index contributed by atoms with van der Waals surface area (Å²) < 4.78 is 51.0. The van der Waals surface area contributed by atoms with Gasteiger partial charge in [0.1, 0.15) is 11.3 Å². The van der Waals surface area contributed by atoms with Gasteiger partial charge in [-0.25, -0.2) is 9.31 Å². The first-order valence-electron chi connectivity index (χ1n) is 14.3. The number of benzene rings is 2. The number of carbonyl (C=O) groups is 1. The zero-order chi connectivity index (χ0) is 30.1. The molecule has 2 aromatic carbocycles. The number of carbonyl (C=O) groups excluding carboxylic acids is 1. The molecule has 2 amide bonds. The molecule has 0 saturated carbocycles. The van der Waals surface area contributed by atoms with E-state index in [0.717, 1.165) is 59.9 Å². The van der Waals surface area contributed by atoms with Crippen LogP contribution in [0.4, 0.5) is 23.7 Å². The van der Waals surface area contributed by atoms with E-state index in [9.17, 15) is 18.0 Å². The van der Waals surface area contributed by atoms with Gasteiger partial charge in [0.05, 0.1) is 11.8 Å². The normalized spacial score (nSPS) is 16.3. The van der Waals surface area contributed by atoms with Crippen LogP contribution in [-0.4, -0.2) is 69.6 Å². The van der Waals surface area contributed by atoms with Gasteiger partial charge in [-0.2, -0.15) is 18.3 Å². The number of nitrogens with zero attached hydrogens (tertiary/aromatic N) is 5. The Morgan fingerprint density at radius 1 is 1.00 bits per heavy atom. The number of nitrogens with one attached hydrogen (secondary N) is 1. The molecule has 1 saturated heterocycles. The van der Waals surface area contributed by atoms with Crippen molar-refractivity contribution < 1.29 is 22.7 Å². The molecule has 0 spiro atoms. The molecule has 4 heterocycles. The minimum atomic E-state index is -4.53. The number of rotatable bonds is 6. The fourth-order valence-corrected chi connectivity index (χ4v) is 6.12. The average Bonchev–Trinajstić information content (AvgIpc) is 3.38. The van der Waals surface area contributed by atoms with E-state index in [0.29, 0.717) is 31.0 Å². The molecule has 1 fully saturated rings. The molecule has 0 aliphatic carbocycles. The molecule has 4 aromatic rings. The maximum atomic E-state index is 14.1. The van der Waals surface area contributed by atoms with E-state index in [2.05, 4.69) is 38.2 Å². The molecule has 2 aliphatic rings. The van der Waals surface area contributed by atoms with Gasteiger partial charge >= 0.3 is 12.2 Å². The van der Waals surface area contributed by atoms with Crippen LogP contribution in [0.1, 0.15) is 29.2 Å². The summed E-state index contributed by atoms with van der Waals surface area (Å²) in [6.07, 6.45) is -0.403. The third-order valence-electron chi connectivity index (χ3n) is 8.11. The largest absolute Gasteiger partial charge is 0.455 e. The van der Waals surface area contributed by atoms with Crippen molar-refractivity contribution in [2.24, 2.45) is 0 Å². The van der Waals surface area contributed by atoms with Crippen molar-refractivity contribution >= 4 is 33.2 Å². The first-order chi connectivity index (χ1) is 20.7. The number of alkyl halides is 3. The van der Waals surface area contributed by atoms with Gasteiger partial charge in [0, 0.05) is 68.2 Å². The van der Waals surface area contributed by atoms with E-state index < -0.39 is 17.8 Å². The molecule has 12 heteroatoms. The average molecular weight is 658 g/mol. The summed E-state index contributed by atoms with van der Waals surface area (Å²) in [5.74, 6) is 1.26. The third-order valence-corrected chi connectivity index (χ3v) is 8.55. The van der Waals surface area contributed by atoms with E-state index in [1.54, 1.807) is 27.7 Å². The predicted octanol–water partition coefficient (Wildman–Crippen LogP) is 6.64. The van der Waals surface area contributed by atoms with Gasteiger partial charge in [0.25, 0.3) is 0 Å². The van der Waals surface area contributed by atoms with Crippen LogP contribution in [0, 0.1) is 0 Å². The van der Waals surface area contributed by atoms with Gasteiger partial charge in [-0.1, -0.05) is 19.1 Å². The second kappa shape index (κ2) is 12.2. The molecule has 2 aromatic heterocycles. The lowest BCUT2D eigenvalue weighted by molar-refractivity contribution is -0.138. The molecular weight excluding hydrogens is 625 g/mol. The Morgan fingerprint density at radius 2 is 1.79 bits per heavy atom. The maximum absolute atomic E-state index is 14.1. The van der Waals surface area contributed by atoms with Gasteiger partial charge < -0.3 is 19.9 Å². The smallest absolute Gasteiger partial charge is 0.416 e. The van der Waals surface area contributed by atoms with Gasteiger partial charge in [-0.3, -0.25) is 4.90 Å². The Bertz CT molecular complexity index is 1630. The van der Waals surface area contributed by atoms with Gasteiger partial charge in [-0.05, 0) is 75.9 Å². The lowest BCUT2D eigenvalue weighted by atomic mass is 9.99. The molecule has 8 nitrogen and oxygen atoms in total. The highest BCUT2D eigenvalue weighted by Crippen LogP contribution is 2.35. The first-order valence-corrected chi connectivity index (χ1v) is 15.1. The van der Waals surface area contributed by atoms with E-state index >= 15 is 0 Å². The highest BCUT2D eigenvalue weighted by atomic mass is 79.9. The van der Waals surface area contributed by atoms with E-state index in [-0.39, 0.29) is 17.8 Å². The van der Waals surface area contributed by atoms with Crippen LogP contribution in [0.15, 0.2) is 65.4 Å². The molecule has 1 N–H and O–H groups in total. The van der Waals surface area contributed by atoms with Gasteiger partial charge in [-0.15, -0.1) is 0 Å². The molecule has 0 unspecified atom stereocenters. The summed E-state index contributed by atoms with van der Waals surface area (Å²) >= 11 is 3.46. The predicted molar refractivity (Wildman–Crippen MR) is 161 cm³/mol. The fourth-order valence-electron chi connectivity index (χ4n) is 5.70. The van der Waals surface area contributed by atoms with Crippen LogP contribution in [0.2, 0.25) is 0 Å². The Balaban J connectivity index is 1.14. The number of hydrogen-bond acceptors (Lipinski definition) is 5. The van der Waals surface area contributed by atoms with Crippen LogP contribution in [0.3, 0.4) is 0 Å². The number of anilines is 1. The van der Waals surface area contributed by atoms with E-state index in [4.69, 9.17) is 4.74 Å². The van der Waals surface area contributed by atoms with Crippen molar-refractivity contribution in [3.8, 4) is 11.5 Å².